The number of nitrogens with zero attached hydrogens (tertiary/aromatic N) is 1. The van der Waals surface area contributed by atoms with E-state index < -0.39 is 0 Å². The Morgan fingerprint density at radius 3 is 2.42 bits per heavy atom. The zero-order chi connectivity index (χ0) is 14.0. The van der Waals surface area contributed by atoms with Crippen LogP contribution in [0.3, 0.4) is 0 Å². The highest BCUT2D eigenvalue weighted by atomic mass is 32.1. The molecule has 0 saturated carbocycles. The number of amides is 2. The molecule has 0 bridgehead atoms. The molecule has 0 aromatic carbocycles. The van der Waals surface area contributed by atoms with E-state index in [0.29, 0.717) is 0 Å². The van der Waals surface area contributed by atoms with Crippen molar-refractivity contribution in [2.24, 2.45) is 0 Å². The van der Waals surface area contributed by atoms with Crippen LogP contribution in [0, 0.1) is 13.8 Å². The van der Waals surface area contributed by atoms with Gasteiger partial charge < -0.3 is 10.2 Å². The number of likely N-dealkylation sites (tertiary alicyclic amines) is 1. The molecule has 0 aliphatic carbocycles. The third-order valence-electron chi connectivity index (χ3n) is 3.67. The van der Waals surface area contributed by atoms with Crippen LogP contribution in [-0.4, -0.2) is 35.8 Å². The van der Waals surface area contributed by atoms with E-state index in [1.54, 1.807) is 6.92 Å². The van der Waals surface area contributed by atoms with Crippen molar-refractivity contribution in [1.29, 1.82) is 0 Å². The van der Waals surface area contributed by atoms with E-state index in [2.05, 4.69) is 5.32 Å². The van der Waals surface area contributed by atoms with Crippen LogP contribution in [0.2, 0.25) is 0 Å². The smallest absolute Gasteiger partial charge is 0.261 e. The first-order valence-electron chi connectivity index (χ1n) is 6.61. The van der Waals surface area contributed by atoms with Crippen LogP contribution >= 0.6 is 11.3 Å². The van der Waals surface area contributed by atoms with Crippen molar-refractivity contribution in [1.82, 2.24) is 10.2 Å². The van der Waals surface area contributed by atoms with Crippen LogP contribution in [0.1, 0.15) is 39.9 Å². The number of thiophene rings is 1. The van der Waals surface area contributed by atoms with Gasteiger partial charge in [0.2, 0.25) is 5.91 Å². The minimum Gasteiger partial charge on any atom is -0.348 e. The lowest BCUT2D eigenvalue weighted by Crippen LogP contribution is -2.45. The van der Waals surface area contributed by atoms with Crippen molar-refractivity contribution < 1.29 is 9.59 Å². The Balaban J connectivity index is 1.89. The van der Waals surface area contributed by atoms with Gasteiger partial charge >= 0.3 is 0 Å². The molecule has 0 atom stereocenters. The Morgan fingerprint density at radius 2 is 1.95 bits per heavy atom. The van der Waals surface area contributed by atoms with Gasteiger partial charge in [-0.15, -0.1) is 11.3 Å². The first-order chi connectivity index (χ1) is 8.97. The monoisotopic (exact) mass is 280 g/mol. The van der Waals surface area contributed by atoms with E-state index >= 15 is 0 Å². The van der Waals surface area contributed by atoms with Crippen LogP contribution < -0.4 is 5.32 Å². The molecule has 104 valence electrons. The molecule has 4 nitrogen and oxygen atoms in total. The molecule has 1 aliphatic heterocycles. The fourth-order valence-corrected chi connectivity index (χ4v) is 3.22. The molecule has 1 aliphatic rings. The predicted molar refractivity (Wildman–Crippen MR) is 76.5 cm³/mol. The zero-order valence-corrected chi connectivity index (χ0v) is 12.5. The fraction of sp³-hybridized carbons (Fsp3) is 0.571. The maximum absolute atomic E-state index is 12.1. The van der Waals surface area contributed by atoms with E-state index in [1.807, 2.05) is 24.8 Å². The summed E-state index contributed by atoms with van der Waals surface area (Å²) in [6, 6.07) is 2.13. The van der Waals surface area contributed by atoms with Gasteiger partial charge in [0.15, 0.2) is 0 Å². The topological polar surface area (TPSA) is 49.4 Å². The Kier molecular flexibility index (Phi) is 4.24. The quantitative estimate of drug-likeness (QED) is 0.902. The molecule has 5 heteroatoms. The number of carbonyl (C=O) groups is 2. The molecule has 1 N–H and O–H groups in total. The summed E-state index contributed by atoms with van der Waals surface area (Å²) in [5.41, 5.74) is 1.17. The van der Waals surface area contributed by atoms with Gasteiger partial charge in [0.1, 0.15) is 0 Å². The van der Waals surface area contributed by atoms with E-state index in [-0.39, 0.29) is 17.9 Å². The van der Waals surface area contributed by atoms with Gasteiger partial charge in [0.05, 0.1) is 4.88 Å². The van der Waals surface area contributed by atoms with Gasteiger partial charge in [0.25, 0.3) is 5.91 Å². The fourth-order valence-electron chi connectivity index (χ4n) is 2.28. The first kappa shape index (κ1) is 14.1. The Hall–Kier alpha value is -1.36. The van der Waals surface area contributed by atoms with Crippen molar-refractivity contribution in [2.75, 3.05) is 13.1 Å². The lowest BCUT2D eigenvalue weighted by atomic mass is 10.0. The van der Waals surface area contributed by atoms with E-state index in [0.717, 1.165) is 30.8 Å². The molecule has 2 rings (SSSR count). The molecule has 2 amide bonds. The summed E-state index contributed by atoms with van der Waals surface area (Å²) in [7, 11) is 0. The van der Waals surface area contributed by atoms with Gasteiger partial charge in [-0.2, -0.15) is 0 Å². The van der Waals surface area contributed by atoms with E-state index in [9.17, 15) is 9.59 Å². The van der Waals surface area contributed by atoms with Gasteiger partial charge in [-0.1, -0.05) is 0 Å². The lowest BCUT2D eigenvalue weighted by molar-refractivity contribution is -0.129. The summed E-state index contributed by atoms with van der Waals surface area (Å²) in [6.07, 6.45) is 1.68. The Labute approximate surface area is 117 Å². The van der Waals surface area contributed by atoms with Gasteiger partial charge in [-0.25, -0.2) is 0 Å². The number of hydrogen-bond donors (Lipinski definition) is 1. The van der Waals surface area contributed by atoms with Crippen LogP contribution in [0.5, 0.6) is 0 Å². The molecular weight excluding hydrogens is 260 g/mol. The second-order valence-corrected chi connectivity index (χ2v) is 6.36. The van der Waals surface area contributed by atoms with Crippen LogP contribution in [-0.2, 0) is 4.79 Å². The molecule has 0 spiro atoms. The van der Waals surface area contributed by atoms with E-state index in [4.69, 9.17) is 0 Å². The average Bonchev–Trinajstić information content (AvgIpc) is 2.70. The lowest BCUT2D eigenvalue weighted by Gasteiger charge is -2.31. The van der Waals surface area contributed by atoms with Gasteiger partial charge in [-0.3, -0.25) is 9.59 Å². The highest BCUT2D eigenvalue weighted by Crippen LogP contribution is 2.21. The predicted octanol–water partition coefficient (Wildman–Crippen LogP) is 2.11. The highest BCUT2D eigenvalue weighted by Gasteiger charge is 2.22. The summed E-state index contributed by atoms with van der Waals surface area (Å²) < 4.78 is 0. The van der Waals surface area contributed by atoms with Crippen LogP contribution in [0.25, 0.3) is 0 Å². The summed E-state index contributed by atoms with van der Waals surface area (Å²) in [5.74, 6) is 0.136. The number of piperidine rings is 1. The average molecular weight is 280 g/mol. The number of rotatable bonds is 2. The van der Waals surface area contributed by atoms with Crippen molar-refractivity contribution >= 4 is 23.2 Å². The number of aryl methyl sites for hydroxylation is 2. The number of hydrogen-bond acceptors (Lipinski definition) is 3. The second-order valence-electron chi connectivity index (χ2n) is 5.10. The molecule has 0 unspecified atom stereocenters. The minimum atomic E-state index is 0.0162. The van der Waals surface area contributed by atoms with Gasteiger partial charge in [-0.05, 0) is 38.3 Å². The normalized spacial score (nSPS) is 16.5. The first-order valence-corrected chi connectivity index (χ1v) is 7.42. The highest BCUT2D eigenvalue weighted by molar-refractivity contribution is 7.14. The SMILES string of the molecule is CC(=O)N1CCC(NC(=O)c2cc(C)c(C)s2)CC1. The number of carbonyl (C=O) groups excluding carboxylic acids is 2. The third-order valence-corrected chi connectivity index (χ3v) is 4.82. The molecule has 1 aromatic heterocycles. The molecule has 19 heavy (non-hydrogen) atoms. The van der Waals surface area contributed by atoms with Crippen LogP contribution in [0.15, 0.2) is 6.07 Å². The van der Waals surface area contributed by atoms with Crippen LogP contribution in [0.4, 0.5) is 0 Å². The zero-order valence-electron chi connectivity index (χ0n) is 11.7. The second kappa shape index (κ2) is 5.74. The standard InChI is InChI=1S/C14H20N2O2S/c1-9-8-13(19-10(9)2)14(18)15-12-4-6-16(7-5-12)11(3)17/h8,12H,4-7H2,1-3H3,(H,15,18). The molecule has 1 saturated heterocycles. The summed E-state index contributed by atoms with van der Waals surface area (Å²) in [5, 5.41) is 3.07. The Morgan fingerprint density at radius 1 is 1.32 bits per heavy atom. The number of nitrogens with one attached hydrogen (secondary N) is 1. The largest absolute Gasteiger partial charge is 0.348 e. The van der Waals surface area contributed by atoms with Crippen molar-refractivity contribution in [3.05, 3.63) is 21.4 Å². The Bertz CT molecular complexity index is 468. The minimum absolute atomic E-state index is 0.0162. The molecule has 1 fully saturated rings. The molecular formula is C14H20N2O2S. The molecule has 0 radical (unpaired) electrons. The maximum Gasteiger partial charge on any atom is 0.261 e. The maximum atomic E-state index is 12.1. The summed E-state index contributed by atoms with van der Waals surface area (Å²) in [4.78, 5) is 27.2. The molecule has 1 aromatic rings. The van der Waals surface area contributed by atoms with Crippen molar-refractivity contribution in [3.63, 3.8) is 0 Å². The third kappa shape index (κ3) is 3.35. The van der Waals surface area contributed by atoms with Gasteiger partial charge in [0, 0.05) is 30.9 Å². The van der Waals surface area contributed by atoms with E-state index in [1.165, 1.54) is 21.8 Å². The van der Waals surface area contributed by atoms with Crippen molar-refractivity contribution in [2.45, 2.75) is 39.7 Å². The summed E-state index contributed by atoms with van der Waals surface area (Å²) >= 11 is 1.54. The molecule has 2 heterocycles. The summed E-state index contributed by atoms with van der Waals surface area (Å²) in [6.45, 7) is 7.12. The van der Waals surface area contributed by atoms with Crippen molar-refractivity contribution in [3.8, 4) is 0 Å².